The normalized spacial score (nSPS) is 13.9. The molecule has 16 heteroatoms. The number of nitrogens with one attached hydrogen (secondary N) is 2. The van der Waals surface area contributed by atoms with Crippen LogP contribution in [0, 0.1) is 0 Å². The van der Waals surface area contributed by atoms with Crippen molar-refractivity contribution in [1.82, 2.24) is 15.5 Å². The molecule has 8 N–H and O–H groups in total. The van der Waals surface area contributed by atoms with Gasteiger partial charge in [-0.1, -0.05) is 0 Å². The van der Waals surface area contributed by atoms with Crippen molar-refractivity contribution in [3.05, 3.63) is 0 Å². The van der Waals surface area contributed by atoms with Crippen LogP contribution in [0.15, 0.2) is 0 Å². The Morgan fingerprint density at radius 2 is 1.50 bits per heavy atom. The van der Waals surface area contributed by atoms with Crippen molar-refractivity contribution in [2.75, 3.05) is 12.0 Å². The summed E-state index contributed by atoms with van der Waals surface area (Å²) in [6.07, 6.45) is -0.555. The van der Waals surface area contributed by atoms with Gasteiger partial charge in [0.1, 0.15) is 24.4 Å². The number of hydrogen-bond donors (Lipinski definition) is 6. The van der Waals surface area contributed by atoms with E-state index in [1.807, 2.05) is 0 Å². The quantitative estimate of drug-likeness (QED) is 0.104. The van der Waals surface area contributed by atoms with E-state index in [4.69, 9.17) is 21.7 Å². The molecule has 0 radical (unpaired) electrons. The minimum Gasteiger partial charge on any atom is -0.481 e. The predicted molar refractivity (Wildman–Crippen MR) is 125 cm³/mol. The van der Waals surface area contributed by atoms with Crippen molar-refractivity contribution in [2.24, 2.45) is 11.5 Å². The Morgan fingerprint density at radius 3 is 1.94 bits per heavy atom. The summed E-state index contributed by atoms with van der Waals surface area (Å²) in [6, 6.07) is -6.01. The molecule has 0 spiro atoms. The zero-order valence-electron chi connectivity index (χ0n) is 19.8. The largest absolute Gasteiger partial charge is 0.481 e. The molecule has 0 bridgehead atoms. The topological polar surface area (TPSA) is 256 Å². The van der Waals surface area contributed by atoms with Crippen molar-refractivity contribution < 1.29 is 48.6 Å². The maximum Gasteiger partial charge on any atom is 0.305 e. The number of aliphatic carboxylic acids is 2. The van der Waals surface area contributed by atoms with E-state index >= 15 is 0 Å². The van der Waals surface area contributed by atoms with E-state index in [-0.39, 0.29) is 12.7 Å². The van der Waals surface area contributed by atoms with Crippen molar-refractivity contribution >= 4 is 59.5 Å². The molecule has 36 heavy (non-hydrogen) atoms. The number of carbonyl (C=O) groups is 8. The van der Waals surface area contributed by atoms with Crippen molar-refractivity contribution in [3.8, 4) is 0 Å². The minimum atomic E-state index is -1.68. The highest BCUT2D eigenvalue weighted by Gasteiger charge is 2.36. The Balaban J connectivity index is 5.95. The van der Waals surface area contributed by atoms with Crippen LogP contribution in [0.4, 0.5) is 0 Å². The van der Waals surface area contributed by atoms with Gasteiger partial charge in [-0.25, -0.2) is 0 Å². The number of rotatable bonds is 17. The van der Waals surface area contributed by atoms with Crippen LogP contribution in [0.25, 0.3) is 0 Å². The highest BCUT2D eigenvalue weighted by molar-refractivity contribution is 7.98. The monoisotopic (exact) mass is 533 g/mol. The van der Waals surface area contributed by atoms with Crippen molar-refractivity contribution in [2.45, 2.75) is 63.2 Å². The molecule has 0 fully saturated rings. The van der Waals surface area contributed by atoms with Gasteiger partial charge >= 0.3 is 11.9 Å². The highest BCUT2D eigenvalue weighted by Crippen LogP contribution is 2.11. The molecule has 0 aromatic heterocycles. The zero-order valence-corrected chi connectivity index (χ0v) is 20.6. The molecule has 4 atom stereocenters. The van der Waals surface area contributed by atoms with Gasteiger partial charge in [0, 0.05) is 13.3 Å². The third-order valence-corrected chi connectivity index (χ3v) is 5.36. The number of amides is 5. The molecule has 0 aromatic rings. The molecule has 0 heterocycles. The Labute approximate surface area is 210 Å². The molecule has 5 amide bonds. The average Bonchev–Trinajstić information content (AvgIpc) is 2.77. The molecule has 0 aliphatic heterocycles. The number of nitrogens with two attached hydrogens (primary N) is 2. The summed E-state index contributed by atoms with van der Waals surface area (Å²) in [5.41, 5.74) is 10.7. The third-order valence-electron chi connectivity index (χ3n) is 4.72. The van der Waals surface area contributed by atoms with Crippen molar-refractivity contribution in [3.63, 3.8) is 0 Å². The first-order chi connectivity index (χ1) is 16.7. The van der Waals surface area contributed by atoms with E-state index < -0.39 is 91.3 Å². The van der Waals surface area contributed by atoms with Gasteiger partial charge in [-0.05, 0) is 24.9 Å². The van der Waals surface area contributed by atoms with E-state index in [1.165, 1.54) is 11.8 Å². The first-order valence-electron chi connectivity index (χ1n) is 10.6. The zero-order chi connectivity index (χ0) is 28.0. The summed E-state index contributed by atoms with van der Waals surface area (Å²) in [5.74, 6) is -7.30. The Morgan fingerprint density at radius 1 is 0.944 bits per heavy atom. The molecule has 0 saturated carbocycles. The fraction of sp³-hybridized carbons (Fsp3) is 0.600. The third kappa shape index (κ3) is 11.7. The fourth-order valence-electron chi connectivity index (χ4n) is 2.98. The van der Waals surface area contributed by atoms with E-state index in [9.17, 15) is 38.4 Å². The number of hydrogen-bond acceptors (Lipinski definition) is 10. The lowest BCUT2D eigenvalue weighted by Crippen LogP contribution is -2.58. The summed E-state index contributed by atoms with van der Waals surface area (Å²) in [5, 5.41) is 22.4. The number of imide groups is 1. The first kappa shape index (κ1) is 32.5. The van der Waals surface area contributed by atoms with Gasteiger partial charge in [0.05, 0.1) is 18.9 Å². The van der Waals surface area contributed by atoms with Gasteiger partial charge in [-0.15, -0.1) is 0 Å². The number of nitrogens with zero attached hydrogens (tertiary/aromatic N) is 1. The molecule has 202 valence electrons. The number of carbonyl (C=O) groups excluding carboxylic acids is 6. The molecule has 0 unspecified atom stereocenters. The number of carboxylic acid groups (broad SMARTS) is 2. The van der Waals surface area contributed by atoms with Crippen LogP contribution in [-0.2, 0) is 38.4 Å². The molecule has 0 aromatic carbocycles. The van der Waals surface area contributed by atoms with Crippen LogP contribution in [0.5, 0.6) is 0 Å². The molecule has 0 aliphatic rings. The van der Waals surface area contributed by atoms with Crippen LogP contribution >= 0.6 is 11.8 Å². The molecular formula is C20H31N5O10S. The molecule has 0 aliphatic carbocycles. The number of thioether (sulfide) groups is 1. The van der Waals surface area contributed by atoms with Crippen LogP contribution in [-0.4, -0.2) is 99.0 Å². The maximum atomic E-state index is 13.1. The molecule has 0 saturated heterocycles. The number of carboxylic acids is 2. The van der Waals surface area contributed by atoms with E-state index in [0.717, 1.165) is 6.92 Å². The predicted octanol–water partition coefficient (Wildman–Crippen LogP) is -2.81. The summed E-state index contributed by atoms with van der Waals surface area (Å²) < 4.78 is 0. The smallest absolute Gasteiger partial charge is 0.305 e. The van der Waals surface area contributed by atoms with Gasteiger partial charge in [0.15, 0.2) is 0 Å². The second-order valence-electron chi connectivity index (χ2n) is 7.64. The standard InChI is InChI=1S/C20H31N5O10S/c1-10(27)25(11(9-26)7-16(29)30)20(35)14(3-4-15(22)28)24-19(34)13(5-6-36-2)23-18(33)12(21)8-17(31)32/h9,11-14H,3-8,21H2,1-2H3,(H2,22,28)(H,23,33)(H,24,34)(H,29,30)(H,31,32)/t11-,12-,13-,14-/m0/s1. The van der Waals surface area contributed by atoms with Gasteiger partial charge in [0.25, 0.3) is 5.91 Å². The highest BCUT2D eigenvalue weighted by atomic mass is 32.2. The summed E-state index contributed by atoms with van der Waals surface area (Å²) in [4.78, 5) is 95.4. The lowest BCUT2D eigenvalue weighted by Gasteiger charge is -2.30. The first-order valence-corrected chi connectivity index (χ1v) is 12.0. The summed E-state index contributed by atoms with van der Waals surface area (Å²) in [7, 11) is 0. The second-order valence-corrected chi connectivity index (χ2v) is 8.63. The minimum absolute atomic E-state index is 0.0433. The van der Waals surface area contributed by atoms with Crippen LogP contribution in [0.1, 0.15) is 39.0 Å². The van der Waals surface area contributed by atoms with Gasteiger partial charge in [-0.2, -0.15) is 11.8 Å². The van der Waals surface area contributed by atoms with E-state index in [2.05, 4.69) is 10.6 Å². The van der Waals surface area contributed by atoms with Gasteiger partial charge in [0.2, 0.25) is 23.6 Å². The van der Waals surface area contributed by atoms with E-state index in [0.29, 0.717) is 10.7 Å². The van der Waals surface area contributed by atoms with Gasteiger partial charge < -0.3 is 37.1 Å². The van der Waals surface area contributed by atoms with Crippen LogP contribution < -0.4 is 22.1 Å². The van der Waals surface area contributed by atoms with E-state index in [1.54, 1.807) is 6.26 Å². The Bertz CT molecular complexity index is 868. The maximum absolute atomic E-state index is 13.1. The van der Waals surface area contributed by atoms with Gasteiger partial charge in [-0.3, -0.25) is 38.5 Å². The summed E-state index contributed by atoms with van der Waals surface area (Å²) in [6.45, 7) is 0.911. The Hall–Kier alpha value is -3.53. The lowest BCUT2D eigenvalue weighted by atomic mass is 10.1. The lowest BCUT2D eigenvalue weighted by molar-refractivity contribution is -0.152. The number of aldehydes is 1. The van der Waals surface area contributed by atoms with Crippen LogP contribution in [0.2, 0.25) is 0 Å². The average molecular weight is 534 g/mol. The molecule has 0 rings (SSSR count). The Kier molecular flexibility index (Phi) is 14.6. The fourth-order valence-corrected chi connectivity index (χ4v) is 3.45. The second kappa shape index (κ2) is 16.2. The summed E-state index contributed by atoms with van der Waals surface area (Å²) >= 11 is 1.32. The molecular weight excluding hydrogens is 502 g/mol. The van der Waals surface area contributed by atoms with Crippen molar-refractivity contribution in [1.29, 1.82) is 0 Å². The number of primary amides is 1. The molecule has 15 nitrogen and oxygen atoms in total. The SMILES string of the molecule is CSCC[C@H](NC(=O)[C@@H](N)CC(=O)O)C(=O)N[C@@H](CCC(N)=O)C(=O)N(C(C)=O)[C@H](C=O)CC(=O)O. The van der Waals surface area contributed by atoms with Crippen LogP contribution in [0.3, 0.4) is 0 Å².